The van der Waals surface area contributed by atoms with Gasteiger partial charge in [-0.25, -0.2) is 0 Å². The van der Waals surface area contributed by atoms with E-state index < -0.39 is 0 Å². The average Bonchev–Trinajstić information content (AvgIpc) is 2.53. The van der Waals surface area contributed by atoms with Gasteiger partial charge >= 0.3 is 0 Å². The number of hydrogen-bond acceptors (Lipinski definition) is 1. The maximum Gasteiger partial charge on any atom is 0.00233 e. The molecule has 0 saturated carbocycles. The van der Waals surface area contributed by atoms with Crippen LogP contribution in [0.2, 0.25) is 0 Å². The Kier molecular flexibility index (Phi) is 2.36. The van der Waals surface area contributed by atoms with Crippen LogP contribution in [0.4, 0.5) is 0 Å². The zero-order valence-corrected chi connectivity index (χ0v) is 8.38. The zero-order chi connectivity index (χ0) is 9.26. The first-order valence-corrected chi connectivity index (χ1v) is 5.04. The van der Waals surface area contributed by atoms with Crippen molar-refractivity contribution in [1.82, 2.24) is 5.32 Å². The number of nitrogens with one attached hydrogen (secondary N) is 1. The number of aryl methyl sites for hydroxylation is 1. The second-order valence-electron chi connectivity index (χ2n) is 4.15. The summed E-state index contributed by atoms with van der Waals surface area (Å²) in [5.41, 5.74) is 2.84. The third-order valence-electron chi connectivity index (χ3n) is 3.02. The van der Waals surface area contributed by atoms with Crippen molar-refractivity contribution in [3.63, 3.8) is 0 Å². The monoisotopic (exact) mass is 175 g/mol. The van der Waals surface area contributed by atoms with E-state index in [4.69, 9.17) is 0 Å². The molecule has 0 spiro atoms. The van der Waals surface area contributed by atoms with Crippen LogP contribution in [0.5, 0.6) is 0 Å². The molecule has 0 aromatic heterocycles. The van der Waals surface area contributed by atoms with Crippen LogP contribution in [0.1, 0.15) is 24.0 Å². The highest BCUT2D eigenvalue weighted by Gasteiger charge is 2.23. The van der Waals surface area contributed by atoms with E-state index in [1.165, 1.54) is 17.7 Å². The molecule has 1 aromatic carbocycles. The van der Waals surface area contributed by atoms with E-state index in [1.54, 1.807) is 0 Å². The molecule has 1 aliphatic heterocycles. The molecule has 0 amide bonds. The van der Waals surface area contributed by atoms with Crippen molar-refractivity contribution in [2.75, 3.05) is 13.1 Å². The molecule has 1 heteroatoms. The van der Waals surface area contributed by atoms with Gasteiger partial charge in [0.2, 0.25) is 0 Å². The predicted octanol–water partition coefficient (Wildman–Crippen LogP) is 2.32. The highest BCUT2D eigenvalue weighted by molar-refractivity contribution is 5.26. The fourth-order valence-electron chi connectivity index (χ4n) is 2.07. The van der Waals surface area contributed by atoms with Gasteiger partial charge in [-0.1, -0.05) is 36.8 Å². The van der Waals surface area contributed by atoms with Gasteiger partial charge in [-0.3, -0.25) is 0 Å². The summed E-state index contributed by atoms with van der Waals surface area (Å²) < 4.78 is 0. The summed E-state index contributed by atoms with van der Waals surface area (Å²) in [4.78, 5) is 0. The summed E-state index contributed by atoms with van der Waals surface area (Å²) in [7, 11) is 0. The summed E-state index contributed by atoms with van der Waals surface area (Å²) in [5, 5.41) is 3.44. The van der Waals surface area contributed by atoms with E-state index in [1.807, 2.05) is 0 Å². The van der Waals surface area contributed by atoms with Gasteiger partial charge in [0, 0.05) is 12.5 Å². The summed E-state index contributed by atoms with van der Waals surface area (Å²) in [6, 6.07) is 8.95. The smallest absolute Gasteiger partial charge is 0.00233 e. The van der Waals surface area contributed by atoms with Gasteiger partial charge in [-0.15, -0.1) is 0 Å². The van der Waals surface area contributed by atoms with Crippen LogP contribution in [0.15, 0.2) is 24.3 Å². The van der Waals surface area contributed by atoms with Gasteiger partial charge < -0.3 is 5.32 Å². The molecule has 1 aliphatic rings. The van der Waals surface area contributed by atoms with E-state index in [9.17, 15) is 0 Å². The number of rotatable bonds is 1. The van der Waals surface area contributed by atoms with Crippen molar-refractivity contribution in [3.8, 4) is 0 Å². The van der Waals surface area contributed by atoms with Crippen LogP contribution in [-0.4, -0.2) is 13.1 Å². The number of benzene rings is 1. The Morgan fingerprint density at radius 2 is 1.85 bits per heavy atom. The Bertz CT molecular complexity index is 276. The van der Waals surface area contributed by atoms with Crippen molar-refractivity contribution >= 4 is 0 Å². The van der Waals surface area contributed by atoms with Crippen LogP contribution in [0.3, 0.4) is 0 Å². The van der Waals surface area contributed by atoms with E-state index >= 15 is 0 Å². The van der Waals surface area contributed by atoms with E-state index in [0.717, 1.165) is 18.4 Å². The predicted molar refractivity (Wildman–Crippen MR) is 56.0 cm³/mol. The topological polar surface area (TPSA) is 12.0 Å². The first-order valence-electron chi connectivity index (χ1n) is 5.04. The van der Waals surface area contributed by atoms with Gasteiger partial charge in [0.15, 0.2) is 0 Å². The second kappa shape index (κ2) is 3.51. The molecule has 2 atom stereocenters. The van der Waals surface area contributed by atoms with Crippen molar-refractivity contribution in [2.45, 2.75) is 19.8 Å². The van der Waals surface area contributed by atoms with E-state index in [-0.39, 0.29) is 0 Å². The Labute approximate surface area is 80.2 Å². The molecule has 70 valence electrons. The maximum atomic E-state index is 3.44. The summed E-state index contributed by atoms with van der Waals surface area (Å²) in [5.74, 6) is 1.50. The largest absolute Gasteiger partial charge is 0.316 e. The van der Waals surface area contributed by atoms with Gasteiger partial charge in [0.25, 0.3) is 0 Å². The molecule has 0 bridgehead atoms. The molecule has 1 saturated heterocycles. The lowest BCUT2D eigenvalue weighted by Crippen LogP contribution is -2.07. The molecular weight excluding hydrogens is 158 g/mol. The molecule has 13 heavy (non-hydrogen) atoms. The molecule has 1 heterocycles. The lowest BCUT2D eigenvalue weighted by atomic mass is 9.90. The molecule has 0 radical (unpaired) electrons. The molecule has 1 aromatic rings. The minimum atomic E-state index is 0.723. The molecule has 1 N–H and O–H groups in total. The van der Waals surface area contributed by atoms with Gasteiger partial charge in [0.05, 0.1) is 0 Å². The zero-order valence-electron chi connectivity index (χ0n) is 8.38. The SMILES string of the molecule is Cc1ccc(C2CNCC2C)cc1. The standard InChI is InChI=1S/C12H17N/c1-9-3-5-11(6-4-9)12-8-13-7-10(12)2/h3-6,10,12-13H,7-8H2,1-2H3. The van der Waals surface area contributed by atoms with Crippen LogP contribution in [0, 0.1) is 12.8 Å². The molecule has 1 fully saturated rings. The van der Waals surface area contributed by atoms with Crippen LogP contribution in [-0.2, 0) is 0 Å². The van der Waals surface area contributed by atoms with Crippen molar-refractivity contribution in [1.29, 1.82) is 0 Å². The van der Waals surface area contributed by atoms with Crippen molar-refractivity contribution < 1.29 is 0 Å². The molecule has 0 aliphatic carbocycles. The Morgan fingerprint density at radius 3 is 2.38 bits per heavy atom. The minimum Gasteiger partial charge on any atom is -0.316 e. The highest BCUT2D eigenvalue weighted by Crippen LogP contribution is 2.27. The van der Waals surface area contributed by atoms with E-state index in [0.29, 0.717) is 0 Å². The summed E-state index contributed by atoms with van der Waals surface area (Å²) in [6.07, 6.45) is 0. The Morgan fingerprint density at radius 1 is 1.15 bits per heavy atom. The second-order valence-corrected chi connectivity index (χ2v) is 4.15. The van der Waals surface area contributed by atoms with Crippen LogP contribution >= 0.6 is 0 Å². The highest BCUT2D eigenvalue weighted by atomic mass is 14.9. The fraction of sp³-hybridized carbons (Fsp3) is 0.500. The third-order valence-corrected chi connectivity index (χ3v) is 3.02. The lowest BCUT2D eigenvalue weighted by Gasteiger charge is -2.14. The molecule has 2 rings (SSSR count). The van der Waals surface area contributed by atoms with E-state index in [2.05, 4.69) is 43.4 Å². The Hall–Kier alpha value is -0.820. The molecule has 1 nitrogen and oxygen atoms in total. The van der Waals surface area contributed by atoms with Crippen LogP contribution in [0.25, 0.3) is 0 Å². The van der Waals surface area contributed by atoms with Crippen molar-refractivity contribution in [2.24, 2.45) is 5.92 Å². The fourth-order valence-corrected chi connectivity index (χ4v) is 2.07. The lowest BCUT2D eigenvalue weighted by molar-refractivity contribution is 0.572. The number of hydrogen-bond donors (Lipinski definition) is 1. The first-order chi connectivity index (χ1) is 6.27. The summed E-state index contributed by atoms with van der Waals surface area (Å²) >= 11 is 0. The van der Waals surface area contributed by atoms with Crippen molar-refractivity contribution in [3.05, 3.63) is 35.4 Å². The van der Waals surface area contributed by atoms with Gasteiger partial charge in [-0.05, 0) is 24.9 Å². The third kappa shape index (κ3) is 1.75. The van der Waals surface area contributed by atoms with Gasteiger partial charge in [-0.2, -0.15) is 0 Å². The summed E-state index contributed by atoms with van der Waals surface area (Å²) in [6.45, 7) is 6.77. The quantitative estimate of drug-likeness (QED) is 0.690. The maximum absolute atomic E-state index is 3.44. The average molecular weight is 175 g/mol. The molecule has 2 unspecified atom stereocenters. The van der Waals surface area contributed by atoms with Crippen LogP contribution < -0.4 is 5.32 Å². The molecular formula is C12H17N. The Balaban J connectivity index is 2.20. The minimum absolute atomic E-state index is 0.723. The van der Waals surface area contributed by atoms with Gasteiger partial charge in [0.1, 0.15) is 0 Å². The normalized spacial score (nSPS) is 27.8. The first kappa shape index (κ1) is 8.76.